The molecule has 62 valence electrons. The Balaban J connectivity index is 2.76. The number of hydrogen-bond acceptors (Lipinski definition) is 1. The molecule has 2 nitrogen and oxygen atoms in total. The van der Waals surface area contributed by atoms with Crippen molar-refractivity contribution in [3.8, 4) is 0 Å². The molecular formula is C9H9BrN2. The molecule has 1 heterocycles. The van der Waals surface area contributed by atoms with Gasteiger partial charge in [-0.1, -0.05) is 22.0 Å². The fourth-order valence-electron chi connectivity index (χ4n) is 1.21. The fourth-order valence-corrected chi connectivity index (χ4v) is 1.63. The summed E-state index contributed by atoms with van der Waals surface area (Å²) >= 11 is 3.37. The second-order valence-corrected chi connectivity index (χ2v) is 3.55. The summed E-state index contributed by atoms with van der Waals surface area (Å²) in [5.74, 6) is 0. The van der Waals surface area contributed by atoms with E-state index in [1.165, 1.54) is 0 Å². The first-order valence-corrected chi connectivity index (χ1v) is 4.34. The molecule has 2 aromatic rings. The molecule has 0 amide bonds. The molecule has 0 aliphatic heterocycles. The van der Waals surface area contributed by atoms with Crippen LogP contribution in [0.1, 0.15) is 9.68 Å². The average molecular weight is 228 g/mol. The van der Waals surface area contributed by atoms with E-state index in [0.29, 0.717) is 0 Å². The zero-order valence-corrected chi connectivity index (χ0v) is 8.09. The topological polar surface area (TPSA) is 17.8 Å². The summed E-state index contributed by atoms with van der Waals surface area (Å²) < 4.78 is 23.7. The summed E-state index contributed by atoms with van der Waals surface area (Å²) in [4.78, 5) is 0. The van der Waals surface area contributed by atoms with E-state index in [4.69, 9.17) is 4.11 Å². The molecule has 0 saturated heterocycles. The number of fused-ring (bicyclic) bond motifs is 1. The molecule has 0 spiro atoms. The Morgan fingerprint density at radius 1 is 1.58 bits per heavy atom. The predicted molar refractivity (Wildman–Crippen MR) is 53.2 cm³/mol. The molecule has 0 bridgehead atoms. The van der Waals surface area contributed by atoms with E-state index in [-0.39, 0.29) is 0 Å². The highest BCUT2D eigenvalue weighted by Gasteiger charge is 2.04. The molecule has 0 saturated carbocycles. The lowest BCUT2D eigenvalue weighted by Gasteiger charge is -1.94. The molecule has 1 aromatic carbocycles. The number of nitrogens with zero attached hydrogens (tertiary/aromatic N) is 2. The molecule has 0 fully saturated rings. The zero-order valence-electron chi connectivity index (χ0n) is 9.50. The van der Waals surface area contributed by atoms with Crippen molar-refractivity contribution in [3.05, 3.63) is 28.4 Å². The number of hydrogen-bond donors (Lipinski definition) is 0. The van der Waals surface area contributed by atoms with Crippen molar-refractivity contribution < 1.29 is 4.11 Å². The highest BCUT2D eigenvalue weighted by atomic mass is 79.9. The van der Waals surface area contributed by atoms with Gasteiger partial charge in [0.05, 0.1) is 5.52 Å². The lowest BCUT2D eigenvalue weighted by molar-refractivity contribution is 0.779. The molecule has 0 radical (unpaired) electrons. The lowest BCUT2D eigenvalue weighted by atomic mass is 10.2. The maximum absolute atomic E-state index is 7.26. The Hall–Kier alpha value is -0.830. The molecule has 12 heavy (non-hydrogen) atoms. The van der Waals surface area contributed by atoms with E-state index in [9.17, 15) is 0 Å². The second kappa shape index (κ2) is 2.59. The van der Waals surface area contributed by atoms with Gasteiger partial charge in [-0.05, 0) is 18.6 Å². The van der Waals surface area contributed by atoms with Crippen LogP contribution in [0.2, 0.25) is 0 Å². The van der Waals surface area contributed by atoms with Gasteiger partial charge in [-0.25, -0.2) is 0 Å². The SMILES string of the molecule is [2H]C([2H])([2H])n1cc2c(Br)ccc(C)c2n1. The van der Waals surface area contributed by atoms with Gasteiger partial charge in [0.15, 0.2) is 0 Å². The summed E-state index contributed by atoms with van der Waals surface area (Å²) in [5, 5.41) is 4.89. The zero-order chi connectivity index (χ0) is 11.2. The Labute approximate surface area is 83.5 Å². The third kappa shape index (κ3) is 1.05. The van der Waals surface area contributed by atoms with Crippen molar-refractivity contribution in [3.63, 3.8) is 0 Å². The van der Waals surface area contributed by atoms with E-state index in [2.05, 4.69) is 21.0 Å². The minimum atomic E-state index is -2.22. The van der Waals surface area contributed by atoms with Crippen LogP contribution in [0.5, 0.6) is 0 Å². The number of aryl methyl sites for hydroxylation is 2. The van der Waals surface area contributed by atoms with Crippen LogP contribution in [0.25, 0.3) is 10.9 Å². The van der Waals surface area contributed by atoms with Gasteiger partial charge in [0.1, 0.15) is 0 Å². The van der Waals surface area contributed by atoms with Crippen LogP contribution in [0.4, 0.5) is 0 Å². The number of halogens is 1. The van der Waals surface area contributed by atoms with E-state index in [1.54, 1.807) is 6.20 Å². The van der Waals surface area contributed by atoms with E-state index in [0.717, 1.165) is 25.6 Å². The Morgan fingerprint density at radius 3 is 3.08 bits per heavy atom. The number of rotatable bonds is 0. The average Bonchev–Trinajstić information content (AvgIpc) is 2.56. The molecule has 0 aliphatic rings. The van der Waals surface area contributed by atoms with Crippen molar-refractivity contribution >= 4 is 26.8 Å². The molecule has 0 aliphatic carbocycles. The summed E-state index contributed by atoms with van der Waals surface area (Å²) in [6, 6.07) is 3.80. The minimum absolute atomic E-state index is 0.723. The summed E-state index contributed by atoms with van der Waals surface area (Å²) in [7, 11) is 0. The predicted octanol–water partition coefficient (Wildman–Crippen LogP) is 2.64. The van der Waals surface area contributed by atoms with Crippen LogP contribution in [0.15, 0.2) is 22.8 Å². The monoisotopic (exact) mass is 227 g/mol. The summed E-state index contributed by atoms with van der Waals surface area (Å²) in [6.45, 7) is -0.309. The molecule has 2 rings (SSSR count). The van der Waals surface area contributed by atoms with Crippen LogP contribution < -0.4 is 0 Å². The summed E-state index contributed by atoms with van der Waals surface area (Å²) in [6.07, 6.45) is 1.54. The van der Waals surface area contributed by atoms with Crippen molar-refractivity contribution in [2.24, 2.45) is 6.98 Å². The Bertz CT molecular complexity index is 477. The largest absolute Gasteiger partial charge is 0.275 e. The minimum Gasteiger partial charge on any atom is -0.275 e. The molecule has 0 unspecified atom stereocenters. The molecular weight excluding hydrogens is 216 g/mol. The second-order valence-electron chi connectivity index (χ2n) is 2.70. The highest BCUT2D eigenvalue weighted by Crippen LogP contribution is 2.24. The molecule has 3 heteroatoms. The third-order valence-electron chi connectivity index (χ3n) is 1.82. The van der Waals surface area contributed by atoms with Crippen molar-refractivity contribution in [2.75, 3.05) is 0 Å². The first kappa shape index (κ1) is 5.02. The first-order valence-electron chi connectivity index (χ1n) is 5.04. The number of aromatic nitrogens is 2. The van der Waals surface area contributed by atoms with Crippen LogP contribution in [-0.4, -0.2) is 9.78 Å². The molecule has 0 N–H and O–H groups in total. The molecule has 0 atom stereocenters. The van der Waals surface area contributed by atoms with Crippen LogP contribution in [0.3, 0.4) is 0 Å². The van der Waals surface area contributed by atoms with Gasteiger partial charge in [-0.2, -0.15) is 5.10 Å². The number of benzene rings is 1. The lowest BCUT2D eigenvalue weighted by Crippen LogP contribution is -1.85. The third-order valence-corrected chi connectivity index (χ3v) is 2.52. The fraction of sp³-hybridized carbons (Fsp3) is 0.222. The van der Waals surface area contributed by atoms with Crippen LogP contribution >= 0.6 is 15.9 Å². The van der Waals surface area contributed by atoms with Crippen molar-refractivity contribution in [2.45, 2.75) is 6.92 Å². The normalized spacial score (nSPS) is 15.7. The maximum atomic E-state index is 7.26. The van der Waals surface area contributed by atoms with Crippen LogP contribution in [-0.2, 0) is 6.98 Å². The van der Waals surface area contributed by atoms with Gasteiger partial charge in [0.25, 0.3) is 0 Å². The maximum Gasteiger partial charge on any atom is 0.0963 e. The summed E-state index contributed by atoms with van der Waals surface area (Å²) in [5.41, 5.74) is 1.69. The van der Waals surface area contributed by atoms with Gasteiger partial charge in [0, 0.05) is 27.1 Å². The van der Waals surface area contributed by atoms with E-state index >= 15 is 0 Å². The van der Waals surface area contributed by atoms with Gasteiger partial charge in [0.2, 0.25) is 0 Å². The van der Waals surface area contributed by atoms with Gasteiger partial charge in [-0.3, -0.25) is 4.68 Å². The molecule has 1 aromatic heterocycles. The van der Waals surface area contributed by atoms with Gasteiger partial charge < -0.3 is 0 Å². The smallest absolute Gasteiger partial charge is 0.0963 e. The standard InChI is InChI=1S/C9H9BrN2/c1-6-3-4-8(10)7-5-12(2)11-9(6)7/h3-5H,1-2H3/i2D3. The first-order chi connectivity index (χ1) is 6.89. The quantitative estimate of drug-likeness (QED) is 0.677. The van der Waals surface area contributed by atoms with Crippen LogP contribution in [0, 0.1) is 6.92 Å². The van der Waals surface area contributed by atoms with E-state index in [1.807, 2.05) is 19.1 Å². The van der Waals surface area contributed by atoms with E-state index < -0.39 is 6.98 Å². The van der Waals surface area contributed by atoms with Gasteiger partial charge >= 0.3 is 0 Å². The Kier molecular flexibility index (Phi) is 1.08. The highest BCUT2D eigenvalue weighted by molar-refractivity contribution is 9.10. The van der Waals surface area contributed by atoms with Crippen molar-refractivity contribution in [1.82, 2.24) is 9.78 Å². The Morgan fingerprint density at radius 2 is 2.42 bits per heavy atom. The van der Waals surface area contributed by atoms with Gasteiger partial charge in [-0.15, -0.1) is 0 Å². The van der Waals surface area contributed by atoms with Crippen molar-refractivity contribution in [1.29, 1.82) is 0 Å².